The van der Waals surface area contributed by atoms with Crippen LogP contribution >= 0.6 is 15.9 Å². The predicted molar refractivity (Wildman–Crippen MR) is 76.0 cm³/mol. The first-order chi connectivity index (χ1) is 8.35. The first-order valence-corrected chi connectivity index (χ1v) is 6.80. The van der Waals surface area contributed by atoms with Crippen LogP contribution in [0, 0.1) is 0 Å². The van der Waals surface area contributed by atoms with E-state index in [-0.39, 0.29) is 5.60 Å². The number of hydrogen-bond donors (Lipinski definition) is 1. The summed E-state index contributed by atoms with van der Waals surface area (Å²) in [5.41, 5.74) is 0.602. The van der Waals surface area contributed by atoms with E-state index in [1.54, 1.807) is 14.0 Å². The average molecular weight is 317 g/mol. The third-order valence-electron chi connectivity index (χ3n) is 2.94. The lowest BCUT2D eigenvalue weighted by Crippen LogP contribution is -2.25. The fourth-order valence-electron chi connectivity index (χ4n) is 1.49. The van der Waals surface area contributed by atoms with Gasteiger partial charge in [-0.15, -0.1) is 0 Å². The molecule has 0 fully saturated rings. The molecule has 1 atom stereocenters. The molecule has 1 aromatic carbocycles. The fraction of sp³-hybridized carbons (Fsp3) is 0.571. The largest absolute Gasteiger partial charge is 0.493 e. The second kappa shape index (κ2) is 6.55. The lowest BCUT2D eigenvalue weighted by atomic mass is 10.1. The van der Waals surface area contributed by atoms with E-state index in [1.807, 2.05) is 32.0 Å². The van der Waals surface area contributed by atoms with Crippen LogP contribution in [0.2, 0.25) is 0 Å². The van der Waals surface area contributed by atoms with E-state index in [2.05, 4.69) is 15.9 Å². The average Bonchev–Trinajstić information content (AvgIpc) is 2.28. The van der Waals surface area contributed by atoms with Gasteiger partial charge in [0.25, 0.3) is 0 Å². The summed E-state index contributed by atoms with van der Waals surface area (Å²) in [4.78, 5) is 0. The molecule has 0 aliphatic rings. The highest BCUT2D eigenvalue weighted by molar-refractivity contribution is 9.10. The molecule has 0 amide bonds. The Morgan fingerprint density at radius 3 is 2.61 bits per heavy atom. The number of halogens is 1. The Morgan fingerprint density at radius 1 is 1.39 bits per heavy atom. The van der Waals surface area contributed by atoms with Gasteiger partial charge in [0.05, 0.1) is 18.3 Å². The van der Waals surface area contributed by atoms with Gasteiger partial charge in [0.2, 0.25) is 0 Å². The van der Waals surface area contributed by atoms with E-state index in [4.69, 9.17) is 9.47 Å². The highest BCUT2D eigenvalue weighted by atomic mass is 79.9. The molecule has 0 saturated heterocycles. The van der Waals surface area contributed by atoms with E-state index >= 15 is 0 Å². The number of rotatable bonds is 6. The second-order valence-corrected chi connectivity index (χ2v) is 5.84. The van der Waals surface area contributed by atoms with Crippen LogP contribution in [0.15, 0.2) is 22.7 Å². The molecule has 0 heterocycles. The Labute approximate surface area is 117 Å². The molecule has 1 N–H and O–H groups in total. The predicted octanol–water partition coefficient (Wildman–Crippen LogP) is 3.70. The molecule has 0 aliphatic heterocycles. The minimum absolute atomic E-state index is 0.197. The topological polar surface area (TPSA) is 38.7 Å². The summed E-state index contributed by atoms with van der Waals surface area (Å²) in [6, 6.07) is 5.64. The Morgan fingerprint density at radius 2 is 2.06 bits per heavy atom. The molecule has 1 aromatic rings. The van der Waals surface area contributed by atoms with Crippen molar-refractivity contribution in [1.82, 2.24) is 0 Å². The smallest absolute Gasteiger partial charge is 0.126 e. The molecule has 3 nitrogen and oxygen atoms in total. The van der Waals surface area contributed by atoms with Gasteiger partial charge in [-0.25, -0.2) is 0 Å². The Hall–Kier alpha value is -0.580. The normalized spacial score (nSPS) is 13.4. The Kier molecular flexibility index (Phi) is 5.63. The summed E-state index contributed by atoms with van der Waals surface area (Å²) in [6.07, 6.45) is 0.249. The van der Waals surface area contributed by atoms with Gasteiger partial charge in [-0.05, 0) is 32.9 Å². The van der Waals surface area contributed by atoms with Crippen LogP contribution in [0.5, 0.6) is 5.75 Å². The lowest BCUT2D eigenvalue weighted by Gasteiger charge is -2.23. The molecule has 0 radical (unpaired) electrons. The molecular formula is C14H21BrO3. The zero-order valence-corrected chi connectivity index (χ0v) is 13.0. The molecular weight excluding hydrogens is 296 g/mol. The number of hydrogen-bond acceptors (Lipinski definition) is 3. The monoisotopic (exact) mass is 316 g/mol. The van der Waals surface area contributed by atoms with E-state index in [1.165, 1.54) is 0 Å². The third kappa shape index (κ3) is 4.59. The van der Waals surface area contributed by atoms with Crippen molar-refractivity contribution < 1.29 is 14.6 Å². The van der Waals surface area contributed by atoms with Crippen molar-refractivity contribution in [1.29, 1.82) is 0 Å². The van der Waals surface area contributed by atoms with Crippen LogP contribution in [0.25, 0.3) is 0 Å². The summed E-state index contributed by atoms with van der Waals surface area (Å²) in [6.45, 7) is 6.33. The summed E-state index contributed by atoms with van der Waals surface area (Å²) in [7, 11) is 1.69. The molecule has 1 unspecified atom stereocenters. The van der Waals surface area contributed by atoms with Crippen LogP contribution in [-0.2, 0) is 4.74 Å². The van der Waals surface area contributed by atoms with Crippen molar-refractivity contribution in [3.05, 3.63) is 28.2 Å². The maximum Gasteiger partial charge on any atom is 0.126 e. The number of aliphatic hydroxyl groups is 1. The molecule has 18 heavy (non-hydrogen) atoms. The summed E-state index contributed by atoms with van der Waals surface area (Å²) < 4.78 is 12.0. The summed E-state index contributed by atoms with van der Waals surface area (Å²) in [5, 5.41) is 9.68. The van der Waals surface area contributed by atoms with Crippen LogP contribution in [0.4, 0.5) is 0 Å². The second-order valence-electron chi connectivity index (χ2n) is 4.92. The molecule has 0 spiro atoms. The van der Waals surface area contributed by atoms with E-state index < -0.39 is 6.10 Å². The van der Waals surface area contributed by atoms with Gasteiger partial charge < -0.3 is 14.6 Å². The Bertz CT molecular complexity index is 389. The maximum atomic E-state index is 9.68. The van der Waals surface area contributed by atoms with Gasteiger partial charge in [-0.3, -0.25) is 0 Å². The SMILES string of the molecule is COC(C)(C)CCOc1cc(Br)ccc1C(C)O. The van der Waals surface area contributed by atoms with Gasteiger partial charge in [-0.2, -0.15) is 0 Å². The molecule has 102 valence electrons. The highest BCUT2D eigenvalue weighted by Crippen LogP contribution is 2.29. The van der Waals surface area contributed by atoms with Crippen LogP contribution in [0.1, 0.15) is 38.9 Å². The minimum atomic E-state index is -0.538. The third-order valence-corrected chi connectivity index (χ3v) is 3.43. The summed E-state index contributed by atoms with van der Waals surface area (Å²) in [5.74, 6) is 0.714. The Balaban J connectivity index is 2.69. The lowest BCUT2D eigenvalue weighted by molar-refractivity contribution is 0.00522. The van der Waals surface area contributed by atoms with Crippen molar-refractivity contribution in [3.8, 4) is 5.75 Å². The van der Waals surface area contributed by atoms with Gasteiger partial charge in [0.1, 0.15) is 5.75 Å². The van der Waals surface area contributed by atoms with Crippen molar-refractivity contribution in [3.63, 3.8) is 0 Å². The van der Waals surface area contributed by atoms with E-state index in [9.17, 15) is 5.11 Å². The minimum Gasteiger partial charge on any atom is -0.493 e. The molecule has 0 aromatic heterocycles. The fourth-order valence-corrected chi connectivity index (χ4v) is 1.83. The van der Waals surface area contributed by atoms with E-state index in [0.717, 1.165) is 16.5 Å². The van der Waals surface area contributed by atoms with Crippen LogP contribution in [-0.4, -0.2) is 24.4 Å². The standard InChI is InChI=1S/C14H21BrO3/c1-10(16)12-6-5-11(15)9-13(12)18-8-7-14(2,3)17-4/h5-6,9-10,16H,7-8H2,1-4H3. The molecule has 0 saturated carbocycles. The van der Waals surface area contributed by atoms with Crippen molar-refractivity contribution in [2.45, 2.75) is 38.9 Å². The van der Waals surface area contributed by atoms with Gasteiger partial charge >= 0.3 is 0 Å². The quantitative estimate of drug-likeness (QED) is 0.869. The number of methoxy groups -OCH3 is 1. The van der Waals surface area contributed by atoms with Crippen molar-refractivity contribution in [2.24, 2.45) is 0 Å². The van der Waals surface area contributed by atoms with E-state index in [0.29, 0.717) is 12.4 Å². The molecule has 4 heteroatoms. The van der Waals surface area contributed by atoms with Gasteiger partial charge in [0.15, 0.2) is 0 Å². The molecule has 0 bridgehead atoms. The summed E-state index contributed by atoms with van der Waals surface area (Å²) >= 11 is 3.40. The maximum absolute atomic E-state index is 9.68. The molecule has 1 rings (SSSR count). The number of ether oxygens (including phenoxy) is 2. The first kappa shape index (κ1) is 15.5. The molecule has 0 aliphatic carbocycles. The zero-order chi connectivity index (χ0) is 13.8. The van der Waals surface area contributed by atoms with Gasteiger partial charge in [0, 0.05) is 23.6 Å². The van der Waals surface area contributed by atoms with Crippen LogP contribution in [0.3, 0.4) is 0 Å². The number of benzene rings is 1. The van der Waals surface area contributed by atoms with Crippen LogP contribution < -0.4 is 4.74 Å². The first-order valence-electron chi connectivity index (χ1n) is 6.01. The number of aliphatic hydroxyl groups excluding tert-OH is 1. The zero-order valence-electron chi connectivity index (χ0n) is 11.4. The highest BCUT2D eigenvalue weighted by Gasteiger charge is 2.17. The van der Waals surface area contributed by atoms with Crippen molar-refractivity contribution >= 4 is 15.9 Å². The van der Waals surface area contributed by atoms with Gasteiger partial charge in [-0.1, -0.05) is 22.0 Å². The van der Waals surface area contributed by atoms with Crippen molar-refractivity contribution in [2.75, 3.05) is 13.7 Å².